The first-order valence-electron chi connectivity index (χ1n) is 2.77. The first kappa shape index (κ1) is 7.88. The molecule has 0 aromatic heterocycles. The minimum Gasteiger partial charge on any atom is -0.356 e. The summed E-state index contributed by atoms with van der Waals surface area (Å²) in [7, 11) is 0. The normalized spacial score (nSPS) is 9.75. The average molecular weight is 119 g/mol. The van der Waals surface area contributed by atoms with Crippen molar-refractivity contribution in [2.24, 2.45) is 5.73 Å². The summed E-state index contributed by atoms with van der Waals surface area (Å²) >= 11 is 0. The monoisotopic (exact) mass is 119 g/mol. The molecule has 0 atom stereocenters. The minimum absolute atomic E-state index is 0.369. The topological polar surface area (TPSA) is 44.5 Å². The van der Waals surface area contributed by atoms with E-state index in [0.717, 1.165) is 0 Å². The van der Waals surface area contributed by atoms with Crippen molar-refractivity contribution < 1.29 is 9.47 Å². The highest BCUT2D eigenvalue weighted by Crippen LogP contribution is 1.74. The number of ether oxygens (including phenoxy) is 2. The van der Waals surface area contributed by atoms with Gasteiger partial charge in [-0.3, -0.25) is 0 Å². The van der Waals surface area contributed by atoms with E-state index < -0.39 is 0 Å². The maximum Gasteiger partial charge on any atom is 0.146 e. The van der Waals surface area contributed by atoms with Gasteiger partial charge in [-0.1, -0.05) is 0 Å². The molecular formula is C5H13NO2. The number of rotatable bonds is 5. The van der Waals surface area contributed by atoms with Gasteiger partial charge in [0.25, 0.3) is 0 Å². The molecule has 0 saturated carbocycles. The van der Waals surface area contributed by atoms with Gasteiger partial charge in [-0.2, -0.15) is 0 Å². The predicted molar refractivity (Wildman–Crippen MR) is 31.5 cm³/mol. The van der Waals surface area contributed by atoms with Crippen LogP contribution in [0.15, 0.2) is 0 Å². The van der Waals surface area contributed by atoms with Crippen molar-refractivity contribution in [3.8, 4) is 0 Å². The lowest BCUT2D eigenvalue weighted by atomic mass is 10.7. The molecule has 0 radical (unpaired) electrons. The van der Waals surface area contributed by atoms with Gasteiger partial charge in [-0.05, 0) is 6.92 Å². The quantitative estimate of drug-likeness (QED) is 0.408. The lowest BCUT2D eigenvalue weighted by molar-refractivity contribution is -0.0463. The molecule has 0 rings (SSSR count). The molecule has 0 heterocycles. The van der Waals surface area contributed by atoms with Crippen LogP contribution in [0.2, 0.25) is 0 Å². The Hall–Kier alpha value is -0.120. The maximum atomic E-state index is 5.13. The molecule has 0 fully saturated rings. The van der Waals surface area contributed by atoms with Crippen LogP contribution in [0.25, 0.3) is 0 Å². The molecule has 0 aliphatic rings. The SMILES string of the molecule is CCOCOCCN. The first-order valence-corrected chi connectivity index (χ1v) is 2.77. The molecule has 2 N–H and O–H groups in total. The zero-order valence-electron chi connectivity index (χ0n) is 5.22. The van der Waals surface area contributed by atoms with E-state index in [2.05, 4.69) is 0 Å². The molecule has 0 aromatic rings. The molecule has 0 saturated heterocycles. The third-order valence-electron chi connectivity index (χ3n) is 0.633. The molecule has 3 heteroatoms. The van der Waals surface area contributed by atoms with Gasteiger partial charge in [0, 0.05) is 13.2 Å². The molecule has 0 spiro atoms. The van der Waals surface area contributed by atoms with Crippen molar-refractivity contribution >= 4 is 0 Å². The van der Waals surface area contributed by atoms with Crippen LogP contribution in [0, 0.1) is 0 Å². The number of nitrogens with two attached hydrogens (primary N) is 1. The Labute approximate surface area is 49.8 Å². The van der Waals surface area contributed by atoms with Gasteiger partial charge < -0.3 is 15.2 Å². The molecule has 8 heavy (non-hydrogen) atoms. The minimum atomic E-state index is 0.369. The summed E-state index contributed by atoms with van der Waals surface area (Å²) in [5.41, 5.74) is 5.13. The van der Waals surface area contributed by atoms with Gasteiger partial charge in [-0.15, -0.1) is 0 Å². The Morgan fingerprint density at radius 2 is 2.12 bits per heavy atom. The van der Waals surface area contributed by atoms with Crippen LogP contribution in [-0.4, -0.2) is 26.6 Å². The van der Waals surface area contributed by atoms with Crippen molar-refractivity contribution in [2.75, 3.05) is 26.6 Å². The Balaban J connectivity index is 2.53. The number of hydrogen-bond acceptors (Lipinski definition) is 3. The molecule has 0 aromatic carbocycles. The van der Waals surface area contributed by atoms with Crippen molar-refractivity contribution in [3.05, 3.63) is 0 Å². The second kappa shape index (κ2) is 6.88. The fourth-order valence-electron chi connectivity index (χ4n) is 0.285. The fourth-order valence-corrected chi connectivity index (χ4v) is 0.285. The fraction of sp³-hybridized carbons (Fsp3) is 1.00. The van der Waals surface area contributed by atoms with E-state index in [-0.39, 0.29) is 0 Å². The van der Waals surface area contributed by atoms with Crippen molar-refractivity contribution in [1.82, 2.24) is 0 Å². The Bertz CT molecular complexity index is 35.4. The highest BCUT2D eigenvalue weighted by molar-refractivity contribution is 4.24. The van der Waals surface area contributed by atoms with E-state index in [9.17, 15) is 0 Å². The van der Waals surface area contributed by atoms with Gasteiger partial charge in [0.2, 0.25) is 0 Å². The van der Waals surface area contributed by atoms with Gasteiger partial charge in [0.15, 0.2) is 0 Å². The maximum absolute atomic E-state index is 5.13. The van der Waals surface area contributed by atoms with Gasteiger partial charge in [0.1, 0.15) is 6.79 Å². The summed E-state index contributed by atoms with van der Waals surface area (Å²) < 4.78 is 9.73. The molecule has 0 amide bonds. The van der Waals surface area contributed by atoms with E-state index in [1.807, 2.05) is 6.92 Å². The van der Waals surface area contributed by atoms with E-state index in [0.29, 0.717) is 26.6 Å². The van der Waals surface area contributed by atoms with Crippen LogP contribution in [-0.2, 0) is 9.47 Å². The molecule has 0 aliphatic carbocycles. The molecule has 3 nitrogen and oxygen atoms in total. The Morgan fingerprint density at radius 3 is 2.62 bits per heavy atom. The third kappa shape index (κ3) is 5.88. The second-order valence-electron chi connectivity index (χ2n) is 1.31. The lowest BCUT2D eigenvalue weighted by Gasteiger charge is -1.99. The summed E-state index contributed by atoms with van der Waals surface area (Å²) in [6.45, 7) is 4.14. The summed E-state index contributed by atoms with van der Waals surface area (Å²) in [6, 6.07) is 0. The second-order valence-corrected chi connectivity index (χ2v) is 1.31. The van der Waals surface area contributed by atoms with Crippen molar-refractivity contribution in [2.45, 2.75) is 6.92 Å². The zero-order chi connectivity index (χ0) is 6.24. The average Bonchev–Trinajstić information content (AvgIpc) is 1.81. The molecule has 50 valence electrons. The summed E-state index contributed by atoms with van der Waals surface area (Å²) in [4.78, 5) is 0. The van der Waals surface area contributed by atoms with Crippen LogP contribution < -0.4 is 5.73 Å². The summed E-state index contributed by atoms with van der Waals surface area (Å²) in [5.74, 6) is 0. The third-order valence-corrected chi connectivity index (χ3v) is 0.633. The highest BCUT2D eigenvalue weighted by atomic mass is 16.7. The standard InChI is InChI=1S/C5H13NO2/c1-2-7-5-8-4-3-6/h2-6H2,1H3. The van der Waals surface area contributed by atoms with E-state index in [4.69, 9.17) is 15.2 Å². The van der Waals surface area contributed by atoms with Crippen LogP contribution in [0.1, 0.15) is 6.92 Å². The smallest absolute Gasteiger partial charge is 0.146 e. The van der Waals surface area contributed by atoms with E-state index in [1.54, 1.807) is 0 Å². The number of hydrogen-bond donors (Lipinski definition) is 1. The summed E-state index contributed by atoms with van der Waals surface area (Å²) in [5, 5.41) is 0. The van der Waals surface area contributed by atoms with Crippen LogP contribution in [0.4, 0.5) is 0 Å². The van der Waals surface area contributed by atoms with Crippen LogP contribution in [0.3, 0.4) is 0 Å². The lowest BCUT2D eigenvalue weighted by Crippen LogP contribution is -2.10. The first-order chi connectivity index (χ1) is 3.91. The predicted octanol–water partition coefficient (Wildman–Crippen LogP) is -0.0443. The molecular weight excluding hydrogens is 106 g/mol. The Kier molecular flexibility index (Phi) is 6.78. The molecule has 0 bridgehead atoms. The largest absolute Gasteiger partial charge is 0.356 e. The zero-order valence-corrected chi connectivity index (χ0v) is 5.22. The van der Waals surface area contributed by atoms with Gasteiger partial charge in [-0.25, -0.2) is 0 Å². The van der Waals surface area contributed by atoms with Crippen LogP contribution in [0.5, 0.6) is 0 Å². The van der Waals surface area contributed by atoms with Gasteiger partial charge >= 0.3 is 0 Å². The van der Waals surface area contributed by atoms with Gasteiger partial charge in [0.05, 0.1) is 6.61 Å². The molecule has 0 aliphatic heterocycles. The van der Waals surface area contributed by atoms with Crippen molar-refractivity contribution in [1.29, 1.82) is 0 Å². The Morgan fingerprint density at radius 1 is 1.38 bits per heavy atom. The highest BCUT2D eigenvalue weighted by Gasteiger charge is 1.80. The summed E-state index contributed by atoms with van der Waals surface area (Å²) in [6.07, 6.45) is 0. The van der Waals surface area contributed by atoms with Crippen molar-refractivity contribution in [3.63, 3.8) is 0 Å². The van der Waals surface area contributed by atoms with E-state index >= 15 is 0 Å². The molecule has 0 unspecified atom stereocenters. The van der Waals surface area contributed by atoms with Crippen LogP contribution >= 0.6 is 0 Å². The van der Waals surface area contributed by atoms with E-state index in [1.165, 1.54) is 0 Å².